The van der Waals surface area contributed by atoms with Gasteiger partial charge < -0.3 is 8.84 Å². The van der Waals surface area contributed by atoms with Gasteiger partial charge in [0.05, 0.1) is 9.86 Å². The average Bonchev–Trinajstić information content (AvgIpc) is 3.08. The van der Waals surface area contributed by atoms with Gasteiger partial charge in [-0.25, -0.2) is 0 Å². The second-order valence-corrected chi connectivity index (χ2v) is 15.2. The highest BCUT2D eigenvalue weighted by Crippen LogP contribution is 2.47. The number of hydrogen-bond donors (Lipinski definition) is 0. The summed E-state index contributed by atoms with van der Waals surface area (Å²) in [5.74, 6) is 0.958. The number of rotatable bonds is 5. The first-order chi connectivity index (χ1) is 13.8. The van der Waals surface area contributed by atoms with Crippen LogP contribution in [0.1, 0.15) is 41.5 Å². The van der Waals surface area contributed by atoms with Gasteiger partial charge in [-0.1, -0.05) is 71.9 Å². The summed E-state index contributed by atoms with van der Waals surface area (Å²) in [6.07, 6.45) is 0. The van der Waals surface area contributed by atoms with E-state index in [0.717, 1.165) is 37.5 Å². The molecule has 0 spiro atoms. The predicted octanol–water partition coefficient (Wildman–Crippen LogP) is 9.06. The minimum absolute atomic E-state index is 0.514. The van der Waals surface area contributed by atoms with Gasteiger partial charge in [0.15, 0.2) is 5.58 Å². The van der Waals surface area contributed by atoms with Gasteiger partial charge in [-0.3, -0.25) is 0 Å². The van der Waals surface area contributed by atoms with E-state index in [1.54, 1.807) is 0 Å². The van der Waals surface area contributed by atoms with Crippen molar-refractivity contribution in [3.8, 4) is 5.75 Å². The Labute approximate surface area is 182 Å². The smallest absolute Gasteiger partial charge is 0.258 e. The van der Waals surface area contributed by atoms with Crippen LogP contribution in [0.2, 0.25) is 16.6 Å². The molecule has 4 heteroatoms. The predicted molar refractivity (Wildman–Crippen MR) is 131 cm³/mol. The summed E-state index contributed by atoms with van der Waals surface area (Å²) in [6.45, 7) is 13.9. The van der Waals surface area contributed by atoms with E-state index in [2.05, 4.69) is 106 Å². The Morgan fingerprint density at radius 1 is 0.759 bits per heavy atom. The second-order valence-electron chi connectivity index (χ2n) is 8.93. The van der Waals surface area contributed by atoms with Gasteiger partial charge in [-0.15, -0.1) is 0 Å². The fourth-order valence-electron chi connectivity index (χ4n) is 5.17. The van der Waals surface area contributed by atoms with E-state index in [0.29, 0.717) is 16.6 Å². The van der Waals surface area contributed by atoms with E-state index in [4.69, 9.17) is 8.84 Å². The van der Waals surface area contributed by atoms with Crippen molar-refractivity contribution >= 4 is 57.0 Å². The van der Waals surface area contributed by atoms with Gasteiger partial charge in [-0.05, 0) is 56.1 Å². The lowest BCUT2D eigenvalue weighted by Gasteiger charge is -2.42. The van der Waals surface area contributed by atoms with Crippen LogP contribution in [0.15, 0.2) is 57.4 Å². The second kappa shape index (κ2) is 7.48. The molecular formula is C25H29BrO2Si. The lowest BCUT2D eigenvalue weighted by molar-refractivity contribution is 0.484. The van der Waals surface area contributed by atoms with Crippen LogP contribution in [-0.2, 0) is 0 Å². The summed E-state index contributed by atoms with van der Waals surface area (Å²) < 4.78 is 14.5. The van der Waals surface area contributed by atoms with Crippen LogP contribution >= 0.6 is 15.9 Å². The van der Waals surface area contributed by atoms with Crippen LogP contribution in [0.25, 0.3) is 32.7 Å². The summed E-state index contributed by atoms with van der Waals surface area (Å²) in [6, 6.07) is 16.9. The van der Waals surface area contributed by atoms with Crippen molar-refractivity contribution in [2.24, 2.45) is 0 Å². The molecule has 3 aromatic carbocycles. The monoisotopic (exact) mass is 468 g/mol. The SMILES string of the molecule is CC(C)[Si](Oc1ccc(Br)c2oc3c4ccccc4ccc3c12)(C(C)C)C(C)C. The molecule has 0 amide bonds. The molecule has 0 bridgehead atoms. The van der Waals surface area contributed by atoms with Gasteiger partial charge in [0.25, 0.3) is 8.32 Å². The van der Waals surface area contributed by atoms with E-state index in [1.807, 2.05) is 0 Å². The molecule has 0 radical (unpaired) electrons. The van der Waals surface area contributed by atoms with Crippen molar-refractivity contribution in [1.82, 2.24) is 0 Å². The van der Waals surface area contributed by atoms with Crippen LogP contribution in [0.3, 0.4) is 0 Å². The molecule has 0 saturated carbocycles. The molecule has 0 N–H and O–H groups in total. The molecule has 4 rings (SSSR count). The summed E-state index contributed by atoms with van der Waals surface area (Å²) in [5.41, 5.74) is 3.34. The van der Waals surface area contributed by atoms with Crippen LogP contribution in [0.4, 0.5) is 0 Å². The molecule has 4 aromatic rings. The molecule has 2 nitrogen and oxygen atoms in total. The van der Waals surface area contributed by atoms with Gasteiger partial charge in [-0.2, -0.15) is 0 Å². The number of benzene rings is 3. The Morgan fingerprint density at radius 2 is 1.41 bits per heavy atom. The topological polar surface area (TPSA) is 22.4 Å². The summed E-state index contributed by atoms with van der Waals surface area (Å²) >= 11 is 3.70. The molecule has 0 atom stereocenters. The minimum Gasteiger partial charge on any atom is -0.542 e. The van der Waals surface area contributed by atoms with Crippen molar-refractivity contribution < 1.29 is 8.84 Å². The van der Waals surface area contributed by atoms with Crippen molar-refractivity contribution in [1.29, 1.82) is 0 Å². The van der Waals surface area contributed by atoms with Gasteiger partial charge in [0.1, 0.15) is 11.3 Å². The van der Waals surface area contributed by atoms with Gasteiger partial charge in [0, 0.05) is 10.8 Å². The Balaban J connectivity index is 2.03. The Hall–Kier alpha value is -1.78. The molecular weight excluding hydrogens is 440 g/mol. The zero-order chi connectivity index (χ0) is 20.9. The molecule has 0 aliphatic rings. The van der Waals surface area contributed by atoms with E-state index in [9.17, 15) is 0 Å². The van der Waals surface area contributed by atoms with Gasteiger partial charge in [0.2, 0.25) is 0 Å². The first-order valence-electron chi connectivity index (χ1n) is 10.5. The number of furan rings is 1. The van der Waals surface area contributed by atoms with Crippen molar-refractivity contribution in [3.63, 3.8) is 0 Å². The lowest BCUT2D eigenvalue weighted by atomic mass is 10.1. The minimum atomic E-state index is -2.07. The number of hydrogen-bond acceptors (Lipinski definition) is 2. The molecule has 0 fully saturated rings. The van der Waals surface area contributed by atoms with Crippen LogP contribution in [-0.4, -0.2) is 8.32 Å². The number of halogens is 1. The molecule has 152 valence electrons. The van der Waals surface area contributed by atoms with E-state index in [1.165, 1.54) is 5.39 Å². The van der Waals surface area contributed by atoms with E-state index < -0.39 is 8.32 Å². The molecule has 29 heavy (non-hydrogen) atoms. The fraction of sp³-hybridized carbons (Fsp3) is 0.360. The molecule has 1 heterocycles. The third kappa shape index (κ3) is 3.12. The highest BCUT2D eigenvalue weighted by Gasteiger charge is 2.47. The third-order valence-electron chi connectivity index (χ3n) is 6.42. The summed E-state index contributed by atoms with van der Waals surface area (Å²) in [4.78, 5) is 0. The first-order valence-corrected chi connectivity index (χ1v) is 13.4. The maximum absolute atomic E-state index is 7.09. The molecule has 0 aliphatic carbocycles. The van der Waals surface area contributed by atoms with Crippen LogP contribution in [0.5, 0.6) is 5.75 Å². The third-order valence-corrected chi connectivity index (χ3v) is 13.0. The Morgan fingerprint density at radius 3 is 2.07 bits per heavy atom. The maximum Gasteiger partial charge on any atom is 0.258 e. The molecule has 0 aliphatic heterocycles. The van der Waals surface area contributed by atoms with Crippen molar-refractivity contribution in [2.75, 3.05) is 0 Å². The van der Waals surface area contributed by atoms with Crippen molar-refractivity contribution in [2.45, 2.75) is 58.2 Å². The van der Waals surface area contributed by atoms with Gasteiger partial charge >= 0.3 is 0 Å². The summed E-state index contributed by atoms with van der Waals surface area (Å²) in [7, 11) is -2.07. The molecule has 0 unspecified atom stereocenters. The van der Waals surface area contributed by atoms with Crippen LogP contribution in [0, 0.1) is 0 Å². The highest BCUT2D eigenvalue weighted by molar-refractivity contribution is 9.10. The first kappa shape index (κ1) is 20.5. The summed E-state index contributed by atoms with van der Waals surface area (Å²) in [5, 5.41) is 4.53. The number of fused-ring (bicyclic) bond motifs is 5. The quantitative estimate of drug-likeness (QED) is 0.272. The normalized spacial score (nSPS) is 12.9. The molecule has 0 saturated heterocycles. The Kier molecular flexibility index (Phi) is 5.28. The highest BCUT2D eigenvalue weighted by atomic mass is 79.9. The Bertz CT molecular complexity index is 1170. The fourth-order valence-corrected chi connectivity index (χ4v) is 10.8. The zero-order valence-electron chi connectivity index (χ0n) is 18.0. The lowest BCUT2D eigenvalue weighted by Crippen LogP contribution is -2.50. The van der Waals surface area contributed by atoms with Crippen LogP contribution < -0.4 is 4.43 Å². The van der Waals surface area contributed by atoms with E-state index in [-0.39, 0.29) is 0 Å². The van der Waals surface area contributed by atoms with Crippen molar-refractivity contribution in [3.05, 3.63) is 53.0 Å². The maximum atomic E-state index is 7.09. The largest absolute Gasteiger partial charge is 0.542 e. The standard InChI is InChI=1S/C25H29BrO2Si/c1-15(2)29(16(3)4,17(5)6)28-22-14-13-21(26)25-23(22)20-12-11-18-9-7-8-10-19(18)24(20)27-25/h7-17H,1-6H3. The molecule has 1 aromatic heterocycles. The zero-order valence-corrected chi connectivity index (χ0v) is 20.6. The van der Waals surface area contributed by atoms with E-state index >= 15 is 0 Å². The average molecular weight is 469 g/mol.